The quantitative estimate of drug-likeness (QED) is 0.211. The van der Waals surface area contributed by atoms with Crippen LogP contribution in [-0.4, -0.2) is 135 Å². The molecule has 328 valence electrons. The van der Waals surface area contributed by atoms with Crippen molar-refractivity contribution >= 4 is 52.9 Å². The Labute approximate surface area is 358 Å². The largest absolute Gasteiger partial charge is 0.505 e. The van der Waals surface area contributed by atoms with Crippen LogP contribution in [0.15, 0.2) is 72.9 Å². The Balaban J connectivity index is 1.43. The zero-order valence-electron chi connectivity index (χ0n) is 35.0. The van der Waals surface area contributed by atoms with E-state index >= 15 is 0 Å². The second kappa shape index (κ2) is 19.7. The molecular formula is C44H52N8O10. The van der Waals surface area contributed by atoms with E-state index in [1.807, 2.05) is 24.3 Å². The number of carbonyl (C=O) groups excluding carboxylic acids is 8. The molecule has 0 radical (unpaired) electrons. The molecule has 0 aliphatic carbocycles. The molecule has 0 spiro atoms. The van der Waals surface area contributed by atoms with Gasteiger partial charge in [0.2, 0.25) is 29.5 Å². The SMILES string of the molecule is CC[C@@H]1NC(=O)[C@@H](NC(=O)c2ncccc2O)[C@H](C)OC(=O)[C@@H](c2ccccc2)NC(=O)[C@H]2CC(=O)CCN2C(=O)[C@H](Cc2ccc(NC)cc2)N(C)C(=O)[C@H]2CCCN2C1=O. The van der Waals surface area contributed by atoms with Crippen LogP contribution in [0.25, 0.3) is 0 Å². The van der Waals surface area contributed by atoms with Crippen LogP contribution in [0.3, 0.4) is 0 Å². The lowest BCUT2D eigenvalue weighted by Gasteiger charge is -2.40. The third-order valence-electron chi connectivity index (χ3n) is 11.6. The number of nitrogens with zero attached hydrogens (tertiary/aromatic N) is 4. The maximum atomic E-state index is 14.9. The molecule has 6 amide bonds. The first-order valence-electron chi connectivity index (χ1n) is 20.7. The number of aromatic nitrogens is 1. The van der Waals surface area contributed by atoms with E-state index in [9.17, 15) is 43.5 Å². The number of rotatable bonds is 7. The number of Topliss-reactive ketones (excluding diaryl/α,β-unsaturated/α-hetero) is 1. The molecule has 18 nitrogen and oxygen atoms in total. The number of ether oxygens (including phenoxy) is 1. The number of benzene rings is 2. The van der Waals surface area contributed by atoms with Crippen molar-refractivity contribution in [1.82, 2.24) is 35.6 Å². The van der Waals surface area contributed by atoms with Gasteiger partial charge in [-0.05, 0) is 61.6 Å². The summed E-state index contributed by atoms with van der Waals surface area (Å²) in [5.41, 5.74) is 1.35. The molecule has 6 rings (SSSR count). The highest BCUT2D eigenvalue weighted by Gasteiger charge is 2.45. The lowest BCUT2D eigenvalue weighted by molar-refractivity contribution is -0.156. The smallest absolute Gasteiger partial charge is 0.333 e. The number of hydrogen-bond acceptors (Lipinski definition) is 12. The lowest BCUT2D eigenvalue weighted by Crippen LogP contribution is -2.61. The summed E-state index contributed by atoms with van der Waals surface area (Å²) in [5, 5.41) is 21.3. The van der Waals surface area contributed by atoms with Crippen molar-refractivity contribution in [2.75, 3.05) is 32.5 Å². The van der Waals surface area contributed by atoms with E-state index in [2.05, 4.69) is 26.3 Å². The Morgan fingerprint density at radius 2 is 1.58 bits per heavy atom. The Morgan fingerprint density at radius 3 is 2.26 bits per heavy atom. The van der Waals surface area contributed by atoms with Crippen LogP contribution in [0.1, 0.15) is 73.6 Å². The van der Waals surface area contributed by atoms with Crippen LogP contribution < -0.4 is 21.3 Å². The molecule has 5 N–H and O–H groups in total. The van der Waals surface area contributed by atoms with E-state index in [1.54, 1.807) is 44.3 Å². The molecular weight excluding hydrogens is 801 g/mol. The summed E-state index contributed by atoms with van der Waals surface area (Å²) in [6.07, 6.45) is 0.167. The lowest BCUT2D eigenvalue weighted by atomic mass is 9.95. The van der Waals surface area contributed by atoms with Gasteiger partial charge in [0.05, 0.1) is 0 Å². The first kappa shape index (κ1) is 44.7. The van der Waals surface area contributed by atoms with Gasteiger partial charge in [0.1, 0.15) is 47.8 Å². The van der Waals surface area contributed by atoms with Crippen molar-refractivity contribution in [2.24, 2.45) is 0 Å². The van der Waals surface area contributed by atoms with Crippen LogP contribution in [0.5, 0.6) is 5.75 Å². The van der Waals surface area contributed by atoms with Crippen molar-refractivity contribution in [3.8, 4) is 5.75 Å². The fourth-order valence-corrected chi connectivity index (χ4v) is 8.07. The molecule has 7 atom stereocenters. The molecule has 2 aromatic carbocycles. The van der Waals surface area contributed by atoms with Gasteiger partial charge in [-0.15, -0.1) is 0 Å². The van der Waals surface area contributed by atoms with Gasteiger partial charge < -0.3 is 45.8 Å². The molecule has 18 heteroatoms. The minimum atomic E-state index is -1.68. The zero-order chi connectivity index (χ0) is 44.7. The summed E-state index contributed by atoms with van der Waals surface area (Å²) in [6, 6.07) is 9.88. The molecule has 1 aromatic heterocycles. The number of hydrogen-bond donors (Lipinski definition) is 5. The van der Waals surface area contributed by atoms with Gasteiger partial charge in [-0.2, -0.15) is 0 Å². The van der Waals surface area contributed by atoms with E-state index in [0.29, 0.717) is 12.0 Å². The maximum absolute atomic E-state index is 14.9. The molecule has 62 heavy (non-hydrogen) atoms. The highest BCUT2D eigenvalue weighted by molar-refractivity contribution is 6.01. The summed E-state index contributed by atoms with van der Waals surface area (Å²) in [4.78, 5) is 121. The number of fused-ring (bicyclic) bond motifs is 2. The van der Waals surface area contributed by atoms with Crippen molar-refractivity contribution < 1.29 is 48.2 Å². The van der Waals surface area contributed by atoms with Crippen LogP contribution in [-0.2, 0) is 44.7 Å². The molecule has 3 saturated heterocycles. The topological polar surface area (TPSA) is 237 Å². The number of pyridine rings is 1. The Hall–Kier alpha value is -6.85. The molecule has 4 heterocycles. The van der Waals surface area contributed by atoms with Gasteiger partial charge in [0, 0.05) is 58.3 Å². The number of aromatic hydroxyl groups is 1. The third-order valence-corrected chi connectivity index (χ3v) is 11.6. The van der Waals surface area contributed by atoms with Gasteiger partial charge in [-0.3, -0.25) is 33.6 Å². The Morgan fingerprint density at radius 1 is 0.871 bits per heavy atom. The first-order chi connectivity index (χ1) is 29.7. The van der Waals surface area contributed by atoms with E-state index in [0.717, 1.165) is 5.69 Å². The number of nitrogens with one attached hydrogen (secondary N) is 4. The average molecular weight is 853 g/mol. The second-order valence-corrected chi connectivity index (χ2v) is 15.6. The van der Waals surface area contributed by atoms with Gasteiger partial charge >= 0.3 is 5.97 Å². The van der Waals surface area contributed by atoms with Gasteiger partial charge in [-0.1, -0.05) is 49.4 Å². The monoisotopic (exact) mass is 852 g/mol. The minimum absolute atomic E-state index is 0.0262. The predicted molar refractivity (Wildman–Crippen MR) is 223 cm³/mol. The highest BCUT2D eigenvalue weighted by Crippen LogP contribution is 2.27. The summed E-state index contributed by atoms with van der Waals surface area (Å²) < 4.78 is 5.84. The van der Waals surface area contributed by atoms with Gasteiger partial charge in [0.25, 0.3) is 5.91 Å². The van der Waals surface area contributed by atoms with E-state index in [1.165, 1.54) is 47.0 Å². The fraction of sp³-hybridized carbons (Fsp3) is 0.432. The number of likely N-dealkylation sites (N-methyl/N-ethyl adjacent to an activating group) is 1. The first-order valence-corrected chi connectivity index (χ1v) is 20.7. The number of piperidine rings is 1. The average Bonchev–Trinajstić information content (AvgIpc) is 3.77. The third kappa shape index (κ3) is 9.85. The summed E-state index contributed by atoms with van der Waals surface area (Å²) in [6.45, 7) is 3.01. The molecule has 0 bridgehead atoms. The van der Waals surface area contributed by atoms with Gasteiger partial charge in [-0.25, -0.2) is 9.78 Å². The Kier molecular flexibility index (Phi) is 14.2. The number of ketones is 1. The van der Waals surface area contributed by atoms with Crippen molar-refractivity contribution in [3.63, 3.8) is 0 Å². The van der Waals surface area contributed by atoms with E-state index in [4.69, 9.17) is 4.74 Å². The number of esters is 1. The predicted octanol–water partition coefficient (Wildman–Crippen LogP) is 1.25. The van der Waals surface area contributed by atoms with Crippen molar-refractivity contribution in [1.29, 1.82) is 0 Å². The molecule has 0 unspecified atom stereocenters. The molecule has 3 aromatic rings. The Bertz CT molecular complexity index is 2190. The van der Waals surface area contributed by atoms with E-state index < -0.39 is 95.2 Å². The van der Waals surface area contributed by atoms with Crippen molar-refractivity contribution in [3.05, 3.63) is 89.7 Å². The second-order valence-electron chi connectivity index (χ2n) is 15.6. The number of carbonyl (C=O) groups is 8. The van der Waals surface area contributed by atoms with Crippen LogP contribution in [0.2, 0.25) is 0 Å². The minimum Gasteiger partial charge on any atom is -0.505 e. The number of anilines is 1. The molecule has 3 aliphatic rings. The van der Waals surface area contributed by atoms with Crippen LogP contribution in [0.4, 0.5) is 5.69 Å². The number of amides is 6. The molecule has 0 saturated carbocycles. The summed E-state index contributed by atoms with van der Waals surface area (Å²) in [5.74, 6) is -6.34. The fourth-order valence-electron chi connectivity index (χ4n) is 8.07. The maximum Gasteiger partial charge on any atom is 0.333 e. The standard InChI is InChI=1S/C44H52N8O10/c1-5-30-41(58)51-21-10-13-31(51)42(59)50(4)33(23-26-15-17-28(45-3)18-16-26)43(60)52-22-19-29(53)24-32(52)38(55)49-36(27-11-7-6-8-12-27)44(61)62-25(2)35(39(56)47-30)48-40(57)37-34(54)14-9-20-46-37/h6-9,11-12,14-18,20,25,30-33,35-36,45,54H,5,10,13,19,21-24H2,1-4H3,(H,47,56)(H,48,57)(H,49,55)/t25-,30-,31+,32+,33-,35-,36+/m0/s1. The normalized spacial score (nSPS) is 25.6. The highest BCUT2D eigenvalue weighted by atomic mass is 16.5. The van der Waals surface area contributed by atoms with Crippen LogP contribution >= 0.6 is 0 Å². The summed E-state index contributed by atoms with van der Waals surface area (Å²) >= 11 is 0. The summed E-state index contributed by atoms with van der Waals surface area (Å²) in [7, 11) is 3.23. The zero-order valence-corrected chi connectivity index (χ0v) is 35.0. The number of cyclic esters (lactones) is 1. The molecule has 3 aliphatic heterocycles. The van der Waals surface area contributed by atoms with Crippen molar-refractivity contribution in [2.45, 2.75) is 94.7 Å². The van der Waals surface area contributed by atoms with E-state index in [-0.39, 0.29) is 56.5 Å². The molecule has 3 fully saturated rings. The van der Waals surface area contributed by atoms with Crippen LogP contribution in [0, 0.1) is 0 Å². The van der Waals surface area contributed by atoms with Gasteiger partial charge in [0.15, 0.2) is 11.7 Å².